The van der Waals surface area contributed by atoms with E-state index in [0.29, 0.717) is 0 Å². The fraction of sp³-hybridized carbons (Fsp3) is 0.214. The third-order valence-electron chi connectivity index (χ3n) is 2.94. The summed E-state index contributed by atoms with van der Waals surface area (Å²) in [6.07, 6.45) is -3.49. The van der Waals surface area contributed by atoms with Crippen molar-refractivity contribution in [1.82, 2.24) is 15.3 Å². The molecule has 11 heteroatoms. The summed E-state index contributed by atoms with van der Waals surface area (Å²) < 4.78 is 51.0. The van der Waals surface area contributed by atoms with E-state index in [4.69, 9.17) is 23.2 Å². The Morgan fingerprint density at radius 2 is 1.92 bits per heavy atom. The summed E-state index contributed by atoms with van der Waals surface area (Å²) in [5.74, 6) is -2.04. The second-order valence-electron chi connectivity index (χ2n) is 4.77. The Morgan fingerprint density at radius 3 is 2.56 bits per heavy atom. The Hall–Kier alpha value is -2.13. The largest absolute Gasteiger partial charge is 0.405 e. The fourth-order valence-corrected chi connectivity index (χ4v) is 2.15. The van der Waals surface area contributed by atoms with E-state index in [2.05, 4.69) is 15.3 Å². The van der Waals surface area contributed by atoms with Crippen LogP contribution in [0, 0.1) is 5.82 Å². The summed E-state index contributed by atoms with van der Waals surface area (Å²) in [6.45, 7) is -1.57. The molecule has 0 saturated carbocycles. The molecule has 1 atom stereocenters. The molecule has 0 radical (unpaired) electrons. The monoisotopic (exact) mass is 396 g/mol. The van der Waals surface area contributed by atoms with Gasteiger partial charge >= 0.3 is 6.18 Å². The van der Waals surface area contributed by atoms with Gasteiger partial charge in [0.25, 0.3) is 0 Å². The highest BCUT2D eigenvalue weighted by Crippen LogP contribution is 2.27. The number of benzene rings is 1. The molecule has 1 amide bonds. The van der Waals surface area contributed by atoms with Gasteiger partial charge in [-0.05, 0) is 17.7 Å². The highest BCUT2D eigenvalue weighted by atomic mass is 35.5. The first-order valence-electron chi connectivity index (χ1n) is 6.71. The number of nitrogens with zero attached hydrogens (tertiary/aromatic N) is 2. The predicted octanol–water partition coefficient (Wildman–Crippen LogP) is 3.75. The van der Waals surface area contributed by atoms with Gasteiger partial charge in [-0.15, -0.1) is 0 Å². The number of hydrogen-bond donors (Lipinski definition) is 2. The molecule has 1 unspecified atom stereocenters. The number of rotatable bonds is 5. The maximum Gasteiger partial charge on any atom is 0.405 e. The number of carbonyl (C=O) groups is 1. The third kappa shape index (κ3) is 5.43. The molecule has 1 aromatic carbocycles. The molecule has 0 spiro atoms. The quantitative estimate of drug-likeness (QED) is 0.596. The SMILES string of the molecule is O=C(NCC(F)(F)F)C(Nc1nc(Cl)ncc1Cl)c1ccccc1F. The summed E-state index contributed by atoms with van der Waals surface area (Å²) in [5, 5.41) is 3.92. The Labute approximate surface area is 149 Å². The first kappa shape index (κ1) is 19.2. The molecule has 25 heavy (non-hydrogen) atoms. The lowest BCUT2D eigenvalue weighted by Gasteiger charge is -2.21. The zero-order chi connectivity index (χ0) is 18.6. The number of hydrogen-bond acceptors (Lipinski definition) is 4. The molecule has 0 fully saturated rings. The van der Waals surface area contributed by atoms with Gasteiger partial charge in [-0.25, -0.2) is 9.37 Å². The van der Waals surface area contributed by atoms with Crippen LogP contribution in [0.5, 0.6) is 0 Å². The normalized spacial score (nSPS) is 12.6. The van der Waals surface area contributed by atoms with Crippen molar-refractivity contribution in [2.45, 2.75) is 12.2 Å². The van der Waals surface area contributed by atoms with Gasteiger partial charge in [0, 0.05) is 5.56 Å². The number of carbonyl (C=O) groups excluding carboxylic acids is 1. The molecule has 2 N–H and O–H groups in total. The average Bonchev–Trinajstić information content (AvgIpc) is 2.53. The molecular formula is C14H10Cl2F4N4O. The lowest BCUT2D eigenvalue weighted by atomic mass is 10.1. The van der Waals surface area contributed by atoms with E-state index >= 15 is 0 Å². The summed E-state index contributed by atoms with van der Waals surface area (Å²) in [4.78, 5) is 19.5. The molecule has 0 aliphatic rings. The zero-order valence-electron chi connectivity index (χ0n) is 12.2. The minimum atomic E-state index is -4.62. The molecule has 134 valence electrons. The predicted molar refractivity (Wildman–Crippen MR) is 83.9 cm³/mol. The van der Waals surface area contributed by atoms with E-state index in [9.17, 15) is 22.4 Å². The van der Waals surface area contributed by atoms with Gasteiger partial charge < -0.3 is 10.6 Å². The van der Waals surface area contributed by atoms with Crippen molar-refractivity contribution >= 4 is 34.9 Å². The maximum atomic E-state index is 14.0. The highest BCUT2D eigenvalue weighted by Gasteiger charge is 2.31. The molecule has 0 saturated heterocycles. The molecule has 0 bridgehead atoms. The molecule has 0 aliphatic heterocycles. The van der Waals surface area contributed by atoms with Gasteiger partial charge in [-0.2, -0.15) is 18.2 Å². The summed E-state index contributed by atoms with van der Waals surface area (Å²) in [7, 11) is 0. The number of aromatic nitrogens is 2. The van der Waals surface area contributed by atoms with Crippen molar-refractivity contribution in [3.05, 3.63) is 52.1 Å². The summed E-state index contributed by atoms with van der Waals surface area (Å²) in [6, 6.07) is 3.59. The number of alkyl halides is 3. The fourth-order valence-electron chi connectivity index (χ4n) is 1.87. The van der Waals surface area contributed by atoms with Gasteiger partial charge in [0.05, 0.1) is 6.20 Å². The van der Waals surface area contributed by atoms with Crippen LogP contribution in [0.15, 0.2) is 30.5 Å². The van der Waals surface area contributed by atoms with Crippen LogP contribution in [-0.2, 0) is 4.79 Å². The Kier molecular flexibility index (Phi) is 6.02. The second kappa shape index (κ2) is 7.83. The van der Waals surface area contributed by atoms with Crippen molar-refractivity contribution < 1.29 is 22.4 Å². The van der Waals surface area contributed by atoms with Crippen molar-refractivity contribution in [3.8, 4) is 0 Å². The molecule has 1 aromatic heterocycles. The topological polar surface area (TPSA) is 66.9 Å². The molecule has 2 aromatic rings. The Morgan fingerprint density at radius 1 is 1.24 bits per heavy atom. The summed E-state index contributed by atoms with van der Waals surface area (Å²) >= 11 is 11.5. The Balaban J connectivity index is 2.34. The lowest BCUT2D eigenvalue weighted by molar-refractivity contribution is -0.138. The van der Waals surface area contributed by atoms with Gasteiger partial charge in [-0.3, -0.25) is 4.79 Å². The van der Waals surface area contributed by atoms with Crippen LogP contribution >= 0.6 is 23.2 Å². The second-order valence-corrected chi connectivity index (χ2v) is 5.51. The van der Waals surface area contributed by atoms with E-state index in [1.165, 1.54) is 18.2 Å². The molecule has 5 nitrogen and oxygen atoms in total. The van der Waals surface area contributed by atoms with E-state index in [-0.39, 0.29) is 21.7 Å². The van der Waals surface area contributed by atoms with Crippen LogP contribution in [0.4, 0.5) is 23.4 Å². The van der Waals surface area contributed by atoms with Gasteiger partial charge in [0.1, 0.15) is 23.4 Å². The highest BCUT2D eigenvalue weighted by molar-refractivity contribution is 6.33. The standard InChI is InChI=1S/C14H10Cl2F4N4O/c15-8-5-21-13(16)24-11(8)23-10(7-3-1-2-4-9(7)17)12(25)22-6-14(18,19)20/h1-5,10H,6H2,(H,22,25)(H,21,23,24). The van der Waals surface area contributed by atoms with Crippen molar-refractivity contribution in [1.29, 1.82) is 0 Å². The van der Waals surface area contributed by atoms with Gasteiger partial charge in [0.15, 0.2) is 5.82 Å². The average molecular weight is 397 g/mol. The van der Waals surface area contributed by atoms with Crippen LogP contribution in [0.2, 0.25) is 10.3 Å². The molecule has 2 rings (SSSR count). The van der Waals surface area contributed by atoms with E-state index in [1.54, 1.807) is 5.32 Å². The third-order valence-corrected chi connectivity index (χ3v) is 3.40. The number of anilines is 1. The van der Waals surface area contributed by atoms with Crippen LogP contribution in [-0.4, -0.2) is 28.6 Å². The van der Waals surface area contributed by atoms with Crippen molar-refractivity contribution in [2.75, 3.05) is 11.9 Å². The maximum absolute atomic E-state index is 14.0. The number of amides is 1. The number of nitrogens with one attached hydrogen (secondary N) is 2. The van der Waals surface area contributed by atoms with Crippen molar-refractivity contribution in [2.24, 2.45) is 0 Å². The zero-order valence-corrected chi connectivity index (χ0v) is 13.8. The molecule has 0 aliphatic carbocycles. The van der Waals surface area contributed by atoms with E-state index in [1.807, 2.05) is 0 Å². The summed E-state index contributed by atoms with van der Waals surface area (Å²) in [5.41, 5.74) is -0.187. The van der Waals surface area contributed by atoms with E-state index < -0.39 is 30.5 Å². The molecule has 1 heterocycles. The van der Waals surface area contributed by atoms with Gasteiger partial charge in [-0.1, -0.05) is 29.8 Å². The van der Waals surface area contributed by atoms with Crippen LogP contribution < -0.4 is 10.6 Å². The first-order chi connectivity index (χ1) is 11.7. The number of halogens is 6. The van der Waals surface area contributed by atoms with Crippen LogP contribution in [0.1, 0.15) is 11.6 Å². The van der Waals surface area contributed by atoms with Crippen molar-refractivity contribution in [3.63, 3.8) is 0 Å². The minimum absolute atomic E-state index is 0.0469. The van der Waals surface area contributed by atoms with Crippen LogP contribution in [0.25, 0.3) is 0 Å². The minimum Gasteiger partial charge on any atom is -0.353 e. The van der Waals surface area contributed by atoms with E-state index in [0.717, 1.165) is 12.3 Å². The molecular weight excluding hydrogens is 387 g/mol. The first-order valence-corrected chi connectivity index (χ1v) is 7.46. The smallest absolute Gasteiger partial charge is 0.353 e. The van der Waals surface area contributed by atoms with Crippen LogP contribution in [0.3, 0.4) is 0 Å². The lowest BCUT2D eigenvalue weighted by Crippen LogP contribution is -2.39. The Bertz CT molecular complexity index is 773. The van der Waals surface area contributed by atoms with Gasteiger partial charge in [0.2, 0.25) is 11.2 Å².